The molecule has 1 radical (unpaired) electrons. The van der Waals surface area contributed by atoms with Gasteiger partial charge in [-0.1, -0.05) is 54.3 Å². The minimum absolute atomic E-state index is 0. The number of hydrogen-bond acceptors (Lipinski definition) is 1. The van der Waals surface area contributed by atoms with Crippen molar-refractivity contribution >= 4 is 23.2 Å². The maximum Gasteiger partial charge on any atom is 0.135 e. The van der Waals surface area contributed by atoms with Gasteiger partial charge in [-0.15, -0.1) is 0 Å². The monoisotopic (exact) mass is 348 g/mol. The van der Waals surface area contributed by atoms with Crippen LogP contribution in [0.25, 0.3) is 22.0 Å². The summed E-state index contributed by atoms with van der Waals surface area (Å²) in [5.41, 5.74) is 4.04. The third-order valence-corrected chi connectivity index (χ3v) is 3.57. The van der Waals surface area contributed by atoms with Gasteiger partial charge in [0.15, 0.2) is 0 Å². The first-order chi connectivity index (χ1) is 9.70. The van der Waals surface area contributed by atoms with Crippen LogP contribution >= 0.6 is 0 Å². The van der Waals surface area contributed by atoms with Crippen LogP contribution < -0.4 is 4.57 Å². The molecule has 0 atom stereocenters. The fourth-order valence-corrected chi connectivity index (χ4v) is 2.52. The maximum atomic E-state index is 5.38. The van der Waals surface area contributed by atoms with Gasteiger partial charge in [-0.3, -0.25) is 0 Å². The number of benzene rings is 2. The Labute approximate surface area is 150 Å². The summed E-state index contributed by atoms with van der Waals surface area (Å²) in [5.74, 6) is 0. The van der Waals surface area contributed by atoms with E-state index in [1.807, 2.05) is 23.9 Å². The van der Waals surface area contributed by atoms with Crippen LogP contribution in [0.3, 0.4) is 0 Å². The topological polar surface area (TPSA) is 16.2 Å². The number of pyridine rings is 1. The van der Waals surface area contributed by atoms with Gasteiger partial charge in [0.1, 0.15) is 7.05 Å². The van der Waals surface area contributed by atoms with E-state index in [4.69, 9.17) is 6.72 Å². The summed E-state index contributed by atoms with van der Waals surface area (Å²) in [6.45, 7) is 7.50. The smallest absolute Gasteiger partial charge is 0.135 e. The van der Waals surface area contributed by atoms with Gasteiger partial charge in [0.25, 0.3) is 0 Å². The summed E-state index contributed by atoms with van der Waals surface area (Å²) in [4.78, 5) is 3.74. The molecule has 0 spiro atoms. The molecule has 101 valence electrons. The molecule has 0 aliphatic heterocycles. The summed E-state index contributed by atoms with van der Waals surface area (Å²) < 4.78 is 2.05. The minimum Gasteiger partial charge on any atom is -0.485 e. The standard InChI is InChI=1S/C18H15N2.Y/c1-13-8-9-14-6-4-5-7-16(14)18(13)17-12-15(19-2)10-11-20(17)3;/h2,4-11H,1,3H3;/q-1;. The van der Waals surface area contributed by atoms with Crippen LogP contribution in [0.1, 0.15) is 5.56 Å². The van der Waals surface area contributed by atoms with E-state index in [9.17, 15) is 0 Å². The first-order valence-corrected chi connectivity index (χ1v) is 6.52. The predicted molar refractivity (Wildman–Crippen MR) is 82.3 cm³/mol. The average molecular weight is 348 g/mol. The molecule has 3 heteroatoms. The molecule has 0 unspecified atom stereocenters. The average Bonchev–Trinajstić information content (AvgIpc) is 2.48. The SMILES string of the molecule is [CH-]=Nc1[c-]c(-c2c(C)ccc3ccccc23)[n+](C)cc1.[Y]. The predicted octanol–water partition coefficient (Wildman–Crippen LogP) is 3.65. The Kier molecular flexibility index (Phi) is 5.02. The van der Waals surface area contributed by atoms with Crippen LogP contribution in [-0.2, 0) is 39.8 Å². The number of nitrogens with zero attached hydrogens (tertiary/aromatic N) is 2. The molecule has 2 aromatic carbocycles. The summed E-state index contributed by atoms with van der Waals surface area (Å²) in [7, 11) is 2.01. The zero-order chi connectivity index (χ0) is 14.1. The second-order valence-electron chi connectivity index (χ2n) is 4.89. The normalized spacial score (nSPS) is 10.2. The van der Waals surface area contributed by atoms with Crippen molar-refractivity contribution in [3.8, 4) is 11.3 Å². The first kappa shape index (κ1) is 16.0. The van der Waals surface area contributed by atoms with Crippen molar-refractivity contribution < 1.29 is 37.3 Å². The molecule has 0 bridgehead atoms. The zero-order valence-corrected chi connectivity index (χ0v) is 15.0. The van der Waals surface area contributed by atoms with Crippen molar-refractivity contribution in [2.24, 2.45) is 12.0 Å². The molecule has 21 heavy (non-hydrogen) atoms. The van der Waals surface area contributed by atoms with Gasteiger partial charge < -0.3 is 4.99 Å². The molecule has 2 nitrogen and oxygen atoms in total. The third kappa shape index (κ3) is 2.97. The number of hydrogen-bond donors (Lipinski definition) is 0. The van der Waals surface area contributed by atoms with Gasteiger partial charge in [0.2, 0.25) is 0 Å². The van der Waals surface area contributed by atoms with Gasteiger partial charge >= 0.3 is 0 Å². The Bertz CT molecular complexity index is 809. The van der Waals surface area contributed by atoms with Gasteiger partial charge in [0, 0.05) is 32.7 Å². The Morgan fingerprint density at radius 1 is 1.10 bits per heavy atom. The van der Waals surface area contributed by atoms with E-state index in [1.54, 1.807) is 0 Å². The number of aliphatic imine (C=N–C) groups is 1. The van der Waals surface area contributed by atoms with Crippen molar-refractivity contribution in [3.63, 3.8) is 0 Å². The Hall–Kier alpha value is -1.38. The van der Waals surface area contributed by atoms with Crippen LogP contribution in [0, 0.1) is 13.0 Å². The first-order valence-electron chi connectivity index (χ1n) is 6.52. The van der Waals surface area contributed by atoms with Gasteiger partial charge in [-0.2, -0.15) is 24.5 Å². The quantitative estimate of drug-likeness (QED) is 0.382. The van der Waals surface area contributed by atoms with Crippen molar-refractivity contribution in [3.05, 3.63) is 60.3 Å². The zero-order valence-electron chi connectivity index (χ0n) is 12.2. The number of aryl methyl sites for hydroxylation is 2. The summed E-state index contributed by atoms with van der Waals surface area (Å²) >= 11 is 0. The van der Waals surface area contributed by atoms with E-state index in [2.05, 4.69) is 54.4 Å². The molecule has 0 fully saturated rings. The van der Waals surface area contributed by atoms with Crippen molar-refractivity contribution in [2.75, 3.05) is 0 Å². The van der Waals surface area contributed by atoms with Crippen LogP contribution in [0.15, 0.2) is 53.7 Å². The van der Waals surface area contributed by atoms with Gasteiger partial charge in [-0.05, 0) is 10.9 Å². The molecule has 3 aromatic rings. The summed E-state index contributed by atoms with van der Waals surface area (Å²) in [6, 6.07) is 17.8. The van der Waals surface area contributed by atoms with E-state index < -0.39 is 0 Å². The molecular weight excluding hydrogens is 333 g/mol. The molecule has 0 amide bonds. The molecule has 0 N–H and O–H groups in total. The fourth-order valence-electron chi connectivity index (χ4n) is 2.52. The largest absolute Gasteiger partial charge is 0.485 e. The van der Waals surface area contributed by atoms with Gasteiger partial charge in [-0.25, -0.2) is 4.57 Å². The van der Waals surface area contributed by atoms with Crippen LogP contribution in [0.4, 0.5) is 5.69 Å². The van der Waals surface area contributed by atoms with Crippen LogP contribution in [-0.4, -0.2) is 6.72 Å². The Morgan fingerprint density at radius 3 is 2.62 bits per heavy atom. The molecule has 1 heterocycles. The van der Waals surface area contributed by atoms with E-state index >= 15 is 0 Å². The summed E-state index contributed by atoms with van der Waals surface area (Å²) in [5, 5.41) is 2.44. The Morgan fingerprint density at radius 2 is 1.86 bits per heavy atom. The second kappa shape index (κ2) is 6.59. The molecule has 0 saturated carbocycles. The number of aromatic nitrogens is 1. The molecule has 0 saturated heterocycles. The minimum atomic E-state index is 0. The van der Waals surface area contributed by atoms with Crippen molar-refractivity contribution in [2.45, 2.75) is 6.92 Å². The molecule has 0 aliphatic carbocycles. The van der Waals surface area contributed by atoms with E-state index in [-0.39, 0.29) is 32.7 Å². The van der Waals surface area contributed by atoms with Crippen LogP contribution in [0.2, 0.25) is 0 Å². The van der Waals surface area contributed by atoms with E-state index in [1.165, 1.54) is 21.9 Å². The summed E-state index contributed by atoms with van der Waals surface area (Å²) in [6.07, 6.45) is 1.96. The van der Waals surface area contributed by atoms with Crippen molar-refractivity contribution in [1.29, 1.82) is 0 Å². The second-order valence-corrected chi connectivity index (χ2v) is 4.89. The number of rotatable bonds is 2. The van der Waals surface area contributed by atoms with Crippen molar-refractivity contribution in [1.82, 2.24) is 0 Å². The van der Waals surface area contributed by atoms with E-state index in [0.717, 1.165) is 5.69 Å². The fraction of sp³-hybridized carbons (Fsp3) is 0.111. The molecular formula is C18H15N2Y-. The molecule has 0 aliphatic rings. The van der Waals surface area contributed by atoms with Gasteiger partial charge in [0.05, 0.1) is 11.9 Å². The maximum absolute atomic E-state index is 5.38. The van der Waals surface area contributed by atoms with Crippen LogP contribution in [0.5, 0.6) is 0 Å². The molecule has 3 rings (SSSR count). The third-order valence-electron chi connectivity index (χ3n) is 3.57. The molecule has 1 aromatic heterocycles. The van der Waals surface area contributed by atoms with E-state index in [0.29, 0.717) is 5.69 Å². The number of fused-ring (bicyclic) bond motifs is 1. The Balaban J connectivity index is 0.00000161.